The average molecular weight is 235 g/mol. The number of rotatable bonds is 3. The lowest BCUT2D eigenvalue weighted by atomic mass is 10.1. The monoisotopic (exact) mass is 234 g/mol. The third-order valence-electron chi connectivity index (χ3n) is 1.91. The van der Waals surface area contributed by atoms with Gasteiger partial charge in [-0.05, 0) is 12.1 Å². The summed E-state index contributed by atoms with van der Waals surface area (Å²) in [4.78, 5) is 0. The van der Waals surface area contributed by atoms with E-state index in [1.165, 1.54) is 0 Å². The topological polar surface area (TPSA) is 61.3 Å². The van der Waals surface area contributed by atoms with E-state index in [1.54, 1.807) is 19.2 Å². The molecule has 0 heterocycles. The van der Waals surface area contributed by atoms with Crippen molar-refractivity contribution in [1.82, 2.24) is 0 Å². The second-order valence-corrected chi connectivity index (χ2v) is 3.66. The minimum Gasteiger partial charge on any atom is -0.497 e. The zero-order valence-electron chi connectivity index (χ0n) is 7.76. The molecule has 3 nitrogen and oxygen atoms in total. The maximum atomic E-state index is 5.99. The fourth-order valence-corrected chi connectivity index (χ4v) is 1.90. The number of halogens is 2. The molecule has 0 fully saturated rings. The van der Waals surface area contributed by atoms with E-state index in [4.69, 9.17) is 39.4 Å². The van der Waals surface area contributed by atoms with Crippen LogP contribution in [0.1, 0.15) is 11.6 Å². The molecular formula is C9H12Cl2N2O. The van der Waals surface area contributed by atoms with E-state index >= 15 is 0 Å². The lowest BCUT2D eigenvalue weighted by molar-refractivity contribution is 0.414. The third-order valence-corrected chi connectivity index (χ3v) is 2.54. The highest BCUT2D eigenvalue weighted by Gasteiger charge is 2.14. The number of methoxy groups -OCH3 is 1. The number of nitrogens with two attached hydrogens (primary N) is 2. The fraction of sp³-hybridized carbons (Fsp3) is 0.333. The summed E-state index contributed by atoms with van der Waals surface area (Å²) in [5, 5.41) is 0.958. The van der Waals surface area contributed by atoms with Crippen molar-refractivity contribution < 1.29 is 4.74 Å². The Morgan fingerprint density at radius 2 is 1.86 bits per heavy atom. The van der Waals surface area contributed by atoms with Gasteiger partial charge in [-0.1, -0.05) is 23.2 Å². The van der Waals surface area contributed by atoms with Gasteiger partial charge >= 0.3 is 0 Å². The average Bonchev–Trinajstić information content (AvgIpc) is 2.16. The zero-order chi connectivity index (χ0) is 10.7. The predicted molar refractivity (Wildman–Crippen MR) is 59.0 cm³/mol. The highest BCUT2D eigenvalue weighted by molar-refractivity contribution is 6.36. The largest absolute Gasteiger partial charge is 0.497 e. The Labute approximate surface area is 92.9 Å². The van der Waals surface area contributed by atoms with Crippen molar-refractivity contribution in [2.24, 2.45) is 11.5 Å². The SMILES string of the molecule is COc1cc(Cl)c(C(N)CN)c(Cl)c1. The van der Waals surface area contributed by atoms with Gasteiger partial charge in [0.05, 0.1) is 17.2 Å². The molecule has 0 aliphatic rings. The van der Waals surface area contributed by atoms with E-state index < -0.39 is 0 Å². The van der Waals surface area contributed by atoms with E-state index in [-0.39, 0.29) is 6.04 Å². The highest BCUT2D eigenvalue weighted by Crippen LogP contribution is 2.33. The van der Waals surface area contributed by atoms with Crippen LogP contribution in [0.5, 0.6) is 5.75 Å². The van der Waals surface area contributed by atoms with Crippen molar-refractivity contribution in [2.45, 2.75) is 6.04 Å². The molecule has 4 N–H and O–H groups in total. The molecule has 78 valence electrons. The van der Waals surface area contributed by atoms with Gasteiger partial charge in [-0.15, -0.1) is 0 Å². The molecule has 1 aromatic carbocycles. The summed E-state index contributed by atoms with van der Waals surface area (Å²) in [7, 11) is 1.55. The standard InChI is InChI=1S/C9H12Cl2N2O/c1-14-5-2-6(10)9(7(11)3-5)8(13)4-12/h2-3,8H,4,12-13H2,1H3. The summed E-state index contributed by atoms with van der Waals surface area (Å²) < 4.78 is 5.00. The molecule has 0 aliphatic heterocycles. The molecular weight excluding hydrogens is 223 g/mol. The van der Waals surface area contributed by atoms with Gasteiger partial charge in [0.1, 0.15) is 5.75 Å². The quantitative estimate of drug-likeness (QED) is 0.841. The molecule has 1 aromatic rings. The molecule has 1 unspecified atom stereocenters. The first kappa shape index (κ1) is 11.6. The van der Waals surface area contributed by atoms with Gasteiger partial charge < -0.3 is 16.2 Å². The van der Waals surface area contributed by atoms with Crippen LogP contribution in [-0.2, 0) is 0 Å². The van der Waals surface area contributed by atoms with Crippen LogP contribution in [0.15, 0.2) is 12.1 Å². The number of ether oxygens (including phenoxy) is 1. The minimum absolute atomic E-state index is 0.297. The first-order valence-electron chi connectivity index (χ1n) is 4.08. The van der Waals surface area contributed by atoms with Gasteiger partial charge in [0, 0.05) is 18.2 Å². The van der Waals surface area contributed by atoms with Gasteiger partial charge in [-0.25, -0.2) is 0 Å². The molecule has 0 amide bonds. The molecule has 14 heavy (non-hydrogen) atoms. The van der Waals surface area contributed by atoms with Crippen molar-refractivity contribution in [2.75, 3.05) is 13.7 Å². The van der Waals surface area contributed by atoms with Gasteiger partial charge in [0.2, 0.25) is 0 Å². The number of hydrogen-bond acceptors (Lipinski definition) is 3. The van der Waals surface area contributed by atoms with Crippen LogP contribution in [0, 0.1) is 0 Å². The molecule has 1 atom stereocenters. The zero-order valence-corrected chi connectivity index (χ0v) is 9.27. The Hall–Kier alpha value is -0.480. The second-order valence-electron chi connectivity index (χ2n) is 2.85. The van der Waals surface area contributed by atoms with Crippen LogP contribution in [-0.4, -0.2) is 13.7 Å². The third kappa shape index (κ3) is 2.30. The Bertz CT molecular complexity index is 308. The first-order valence-corrected chi connectivity index (χ1v) is 4.84. The second kappa shape index (κ2) is 4.84. The van der Waals surface area contributed by atoms with E-state index in [9.17, 15) is 0 Å². The molecule has 0 aliphatic carbocycles. The lowest BCUT2D eigenvalue weighted by Gasteiger charge is -2.14. The van der Waals surface area contributed by atoms with Crippen molar-refractivity contribution >= 4 is 23.2 Å². The fourth-order valence-electron chi connectivity index (χ4n) is 1.15. The lowest BCUT2D eigenvalue weighted by Crippen LogP contribution is -2.21. The molecule has 1 rings (SSSR count). The number of benzene rings is 1. The summed E-state index contributed by atoms with van der Waals surface area (Å²) in [5.74, 6) is 0.605. The van der Waals surface area contributed by atoms with Crippen LogP contribution in [0.25, 0.3) is 0 Å². The summed E-state index contributed by atoms with van der Waals surface area (Å²) in [6.45, 7) is 0.297. The molecule has 0 saturated carbocycles. The molecule has 0 bridgehead atoms. The smallest absolute Gasteiger partial charge is 0.121 e. The van der Waals surface area contributed by atoms with Gasteiger partial charge in [-0.3, -0.25) is 0 Å². The summed E-state index contributed by atoms with van der Waals surface area (Å²) >= 11 is 12.0. The van der Waals surface area contributed by atoms with Crippen LogP contribution in [0.3, 0.4) is 0 Å². The highest BCUT2D eigenvalue weighted by atomic mass is 35.5. The molecule has 0 saturated heterocycles. The first-order chi connectivity index (χ1) is 6.60. The Morgan fingerprint density at radius 3 is 2.21 bits per heavy atom. The normalized spacial score (nSPS) is 12.6. The number of hydrogen-bond donors (Lipinski definition) is 2. The van der Waals surface area contributed by atoms with Crippen molar-refractivity contribution in [3.63, 3.8) is 0 Å². The Kier molecular flexibility index (Phi) is 4.01. The van der Waals surface area contributed by atoms with Crippen molar-refractivity contribution in [1.29, 1.82) is 0 Å². The van der Waals surface area contributed by atoms with E-state index in [0.717, 1.165) is 0 Å². The van der Waals surface area contributed by atoms with E-state index in [1.807, 2.05) is 0 Å². The maximum Gasteiger partial charge on any atom is 0.121 e. The van der Waals surface area contributed by atoms with Crippen molar-refractivity contribution in [3.8, 4) is 5.75 Å². The van der Waals surface area contributed by atoms with Gasteiger partial charge in [-0.2, -0.15) is 0 Å². The maximum absolute atomic E-state index is 5.99. The minimum atomic E-state index is -0.346. The molecule has 0 aromatic heterocycles. The molecule has 5 heteroatoms. The summed E-state index contributed by atoms with van der Waals surface area (Å²) in [5.41, 5.74) is 11.9. The van der Waals surface area contributed by atoms with Gasteiger partial charge in [0.15, 0.2) is 0 Å². The van der Waals surface area contributed by atoms with Crippen molar-refractivity contribution in [3.05, 3.63) is 27.7 Å². The van der Waals surface area contributed by atoms with Crippen LogP contribution in [0.4, 0.5) is 0 Å². The van der Waals surface area contributed by atoms with Crippen LogP contribution in [0.2, 0.25) is 10.0 Å². The van der Waals surface area contributed by atoms with Gasteiger partial charge in [0.25, 0.3) is 0 Å². The molecule has 0 spiro atoms. The molecule has 0 radical (unpaired) electrons. The Balaban J connectivity index is 3.18. The Morgan fingerprint density at radius 1 is 1.36 bits per heavy atom. The summed E-state index contributed by atoms with van der Waals surface area (Å²) in [6.07, 6.45) is 0. The van der Waals surface area contributed by atoms with Crippen LogP contribution >= 0.6 is 23.2 Å². The van der Waals surface area contributed by atoms with E-state index in [0.29, 0.717) is 27.9 Å². The summed E-state index contributed by atoms with van der Waals surface area (Å²) in [6, 6.07) is 2.98. The van der Waals surface area contributed by atoms with E-state index in [2.05, 4.69) is 0 Å². The van der Waals surface area contributed by atoms with Crippen LogP contribution < -0.4 is 16.2 Å². The predicted octanol–water partition coefficient (Wildman–Crippen LogP) is 1.96.